The van der Waals surface area contributed by atoms with Gasteiger partial charge in [0.05, 0.1) is 0 Å². The van der Waals surface area contributed by atoms with E-state index in [2.05, 4.69) is 10.0 Å². The fourth-order valence-corrected chi connectivity index (χ4v) is 4.00. The predicted octanol–water partition coefficient (Wildman–Crippen LogP) is 2.29. The van der Waals surface area contributed by atoms with Crippen LogP contribution in [0.4, 0.5) is 4.39 Å². The topological polar surface area (TPSA) is 58.2 Å². The highest BCUT2D eigenvalue weighted by Gasteiger charge is 2.26. The molecule has 0 heterocycles. The van der Waals surface area contributed by atoms with E-state index in [0.717, 1.165) is 31.7 Å². The Hall–Kier alpha value is -0.690. The van der Waals surface area contributed by atoms with Gasteiger partial charge in [-0.25, -0.2) is 17.5 Å². The van der Waals surface area contributed by atoms with Crippen molar-refractivity contribution in [1.82, 2.24) is 10.0 Å². The number of nitrogens with one attached hydrogen (secondary N) is 2. The Morgan fingerprint density at radius 1 is 1.20 bits per heavy atom. The number of rotatable bonds is 4. The van der Waals surface area contributed by atoms with Crippen LogP contribution in [-0.4, -0.2) is 27.5 Å². The van der Waals surface area contributed by atoms with Crippen molar-refractivity contribution < 1.29 is 12.8 Å². The van der Waals surface area contributed by atoms with Crippen LogP contribution >= 0.6 is 11.6 Å². The molecule has 112 valence electrons. The van der Waals surface area contributed by atoms with Crippen molar-refractivity contribution in [3.63, 3.8) is 0 Å². The molecular weight excluding hydrogens is 303 g/mol. The molecule has 1 aliphatic rings. The van der Waals surface area contributed by atoms with E-state index < -0.39 is 15.8 Å². The van der Waals surface area contributed by atoms with Crippen molar-refractivity contribution >= 4 is 21.6 Å². The zero-order valence-electron chi connectivity index (χ0n) is 11.2. The number of benzene rings is 1. The summed E-state index contributed by atoms with van der Waals surface area (Å²) >= 11 is 5.63. The molecule has 0 spiro atoms. The first-order valence-corrected chi connectivity index (χ1v) is 8.43. The Morgan fingerprint density at radius 2 is 1.80 bits per heavy atom. The average molecular weight is 321 g/mol. The molecule has 1 fully saturated rings. The van der Waals surface area contributed by atoms with Gasteiger partial charge in [0.25, 0.3) is 0 Å². The van der Waals surface area contributed by atoms with Gasteiger partial charge in [-0.05, 0) is 50.9 Å². The third-order valence-electron chi connectivity index (χ3n) is 3.64. The van der Waals surface area contributed by atoms with E-state index in [4.69, 9.17) is 11.6 Å². The highest BCUT2D eigenvalue weighted by Crippen LogP contribution is 2.23. The maximum absolute atomic E-state index is 13.7. The molecule has 1 aromatic rings. The van der Waals surface area contributed by atoms with Crippen LogP contribution in [0.3, 0.4) is 0 Å². The molecule has 1 aromatic carbocycles. The highest BCUT2D eigenvalue weighted by atomic mass is 35.5. The van der Waals surface area contributed by atoms with Gasteiger partial charge in [-0.15, -0.1) is 0 Å². The van der Waals surface area contributed by atoms with Crippen LogP contribution in [0.15, 0.2) is 23.1 Å². The molecule has 4 nitrogen and oxygen atoms in total. The van der Waals surface area contributed by atoms with E-state index in [1.54, 1.807) is 0 Å². The van der Waals surface area contributed by atoms with Gasteiger partial charge in [0.15, 0.2) is 0 Å². The number of hydrogen-bond donors (Lipinski definition) is 2. The maximum Gasteiger partial charge on any atom is 0.243 e. The summed E-state index contributed by atoms with van der Waals surface area (Å²) in [6, 6.07) is 3.87. The van der Waals surface area contributed by atoms with Gasteiger partial charge in [0.2, 0.25) is 10.0 Å². The summed E-state index contributed by atoms with van der Waals surface area (Å²) in [4.78, 5) is -0.349. The average Bonchev–Trinajstić information content (AvgIpc) is 2.38. The first-order chi connectivity index (χ1) is 9.42. The second kappa shape index (κ2) is 6.39. The van der Waals surface area contributed by atoms with Gasteiger partial charge in [-0.2, -0.15) is 0 Å². The van der Waals surface area contributed by atoms with Gasteiger partial charge in [0, 0.05) is 17.1 Å². The molecule has 2 rings (SSSR count). The zero-order chi connectivity index (χ0) is 14.8. The first kappa shape index (κ1) is 15.7. The molecule has 1 saturated carbocycles. The fraction of sp³-hybridized carbons (Fsp3) is 0.538. The van der Waals surface area contributed by atoms with Crippen molar-refractivity contribution in [2.75, 3.05) is 7.05 Å². The van der Waals surface area contributed by atoms with E-state index in [0.29, 0.717) is 6.04 Å². The molecule has 0 atom stereocenters. The summed E-state index contributed by atoms with van der Waals surface area (Å²) in [5.41, 5.74) is 0. The van der Waals surface area contributed by atoms with Gasteiger partial charge in [0.1, 0.15) is 10.7 Å². The lowest BCUT2D eigenvalue weighted by Crippen LogP contribution is -2.41. The Morgan fingerprint density at radius 3 is 2.35 bits per heavy atom. The Kier molecular flexibility index (Phi) is 5.01. The summed E-state index contributed by atoms with van der Waals surface area (Å²) < 4.78 is 40.6. The number of hydrogen-bond acceptors (Lipinski definition) is 3. The number of halogens is 2. The molecule has 0 aliphatic heterocycles. The molecule has 20 heavy (non-hydrogen) atoms. The van der Waals surface area contributed by atoms with Crippen molar-refractivity contribution in [2.45, 2.75) is 42.7 Å². The van der Waals surface area contributed by atoms with Crippen LogP contribution < -0.4 is 10.0 Å². The molecule has 2 N–H and O–H groups in total. The van der Waals surface area contributed by atoms with Crippen LogP contribution in [-0.2, 0) is 10.0 Å². The molecule has 1 aliphatic carbocycles. The lowest BCUT2D eigenvalue weighted by atomic mass is 9.92. The van der Waals surface area contributed by atoms with Crippen LogP contribution in [0.2, 0.25) is 5.02 Å². The summed E-state index contributed by atoms with van der Waals surface area (Å²) in [5, 5.41) is 3.36. The van der Waals surface area contributed by atoms with Gasteiger partial charge < -0.3 is 5.32 Å². The van der Waals surface area contributed by atoms with E-state index in [9.17, 15) is 12.8 Å². The third-order valence-corrected chi connectivity index (χ3v) is 5.43. The molecule has 0 radical (unpaired) electrons. The fourth-order valence-electron chi connectivity index (χ4n) is 2.48. The summed E-state index contributed by atoms with van der Waals surface area (Å²) in [6.07, 6.45) is 3.32. The van der Waals surface area contributed by atoms with Crippen molar-refractivity contribution in [1.29, 1.82) is 0 Å². The van der Waals surface area contributed by atoms with Gasteiger partial charge in [-0.1, -0.05) is 11.6 Å². The molecule has 0 amide bonds. The highest BCUT2D eigenvalue weighted by molar-refractivity contribution is 7.89. The summed E-state index contributed by atoms with van der Waals surface area (Å²) in [5.74, 6) is -0.825. The van der Waals surface area contributed by atoms with Gasteiger partial charge >= 0.3 is 0 Å². The largest absolute Gasteiger partial charge is 0.317 e. The van der Waals surface area contributed by atoms with E-state index in [-0.39, 0.29) is 16.0 Å². The van der Waals surface area contributed by atoms with Crippen LogP contribution in [0.25, 0.3) is 0 Å². The minimum atomic E-state index is -3.84. The molecule has 0 aromatic heterocycles. The second-order valence-corrected chi connectivity index (χ2v) is 7.15. The Bertz CT molecular complexity index is 572. The maximum atomic E-state index is 13.7. The van der Waals surface area contributed by atoms with Crippen molar-refractivity contribution in [3.8, 4) is 0 Å². The quantitative estimate of drug-likeness (QED) is 0.895. The predicted molar refractivity (Wildman–Crippen MR) is 76.8 cm³/mol. The smallest absolute Gasteiger partial charge is 0.243 e. The summed E-state index contributed by atoms with van der Waals surface area (Å²) in [7, 11) is -1.93. The number of sulfonamides is 1. The second-order valence-electron chi connectivity index (χ2n) is 5.03. The minimum absolute atomic E-state index is 0.139. The van der Waals surface area contributed by atoms with E-state index in [1.807, 2.05) is 7.05 Å². The molecule has 0 saturated heterocycles. The normalized spacial score (nSPS) is 23.8. The van der Waals surface area contributed by atoms with Gasteiger partial charge in [-0.3, -0.25) is 0 Å². The molecule has 0 bridgehead atoms. The Labute approximate surface area is 123 Å². The standard InChI is InChI=1S/C13H18ClFN2O2S/c1-16-10-3-5-11(6-4-10)17-20(18,19)13-7-2-9(14)8-12(13)15/h2,7-8,10-11,16-17H,3-6H2,1H3. The molecule has 7 heteroatoms. The van der Waals surface area contributed by atoms with E-state index >= 15 is 0 Å². The van der Waals surface area contributed by atoms with E-state index in [1.165, 1.54) is 12.1 Å². The van der Waals surface area contributed by atoms with Crippen LogP contribution in [0, 0.1) is 5.82 Å². The Balaban J connectivity index is 2.08. The van der Waals surface area contributed by atoms with Crippen LogP contribution in [0.1, 0.15) is 25.7 Å². The zero-order valence-corrected chi connectivity index (χ0v) is 12.8. The SMILES string of the molecule is CNC1CCC(NS(=O)(=O)c2ccc(Cl)cc2F)CC1. The van der Waals surface area contributed by atoms with Crippen molar-refractivity contribution in [2.24, 2.45) is 0 Å². The monoisotopic (exact) mass is 320 g/mol. The molecule has 0 unspecified atom stereocenters. The lowest BCUT2D eigenvalue weighted by molar-refractivity contribution is 0.342. The lowest BCUT2D eigenvalue weighted by Gasteiger charge is -2.28. The minimum Gasteiger partial charge on any atom is -0.317 e. The first-order valence-electron chi connectivity index (χ1n) is 6.57. The van der Waals surface area contributed by atoms with Crippen molar-refractivity contribution in [3.05, 3.63) is 29.0 Å². The third kappa shape index (κ3) is 3.69. The molecular formula is C13H18ClFN2O2S. The van der Waals surface area contributed by atoms with Crippen LogP contribution in [0.5, 0.6) is 0 Å². The summed E-state index contributed by atoms with van der Waals surface area (Å²) in [6.45, 7) is 0.